The summed E-state index contributed by atoms with van der Waals surface area (Å²) < 4.78 is 0. The van der Waals surface area contributed by atoms with Crippen LogP contribution in [0, 0.1) is 12.3 Å². The second-order valence-electron chi connectivity index (χ2n) is 6.16. The average molecular weight is 267 g/mol. The summed E-state index contributed by atoms with van der Waals surface area (Å²) in [6.07, 6.45) is 4.75. The molecule has 0 spiro atoms. The zero-order chi connectivity index (χ0) is 14.3. The van der Waals surface area contributed by atoms with Crippen molar-refractivity contribution in [1.29, 1.82) is 0 Å². The lowest BCUT2D eigenvalue weighted by Gasteiger charge is -2.29. The van der Waals surface area contributed by atoms with Gasteiger partial charge < -0.3 is 0 Å². The first-order valence-corrected chi connectivity index (χ1v) is 6.77. The van der Waals surface area contributed by atoms with Gasteiger partial charge in [-0.15, -0.1) is 0 Å². The molecule has 2 aromatic heterocycles. The van der Waals surface area contributed by atoms with Crippen LogP contribution < -0.4 is 0 Å². The summed E-state index contributed by atoms with van der Waals surface area (Å²) >= 11 is 0. The van der Waals surface area contributed by atoms with E-state index in [-0.39, 0.29) is 11.2 Å². The smallest absolute Gasteiger partial charge is 0.178 e. The number of pyridine rings is 1. The first-order chi connectivity index (χ1) is 9.46. The van der Waals surface area contributed by atoms with Gasteiger partial charge in [-0.2, -0.15) is 0 Å². The highest BCUT2D eigenvalue weighted by Gasteiger charge is 2.32. The third kappa shape index (κ3) is 2.22. The normalized spacial score (nSPS) is 16.9. The van der Waals surface area contributed by atoms with Gasteiger partial charge in [0.2, 0.25) is 0 Å². The van der Waals surface area contributed by atoms with Crippen LogP contribution >= 0.6 is 0 Å². The van der Waals surface area contributed by atoms with Crippen LogP contribution in [-0.2, 0) is 6.42 Å². The second kappa shape index (κ2) is 4.47. The van der Waals surface area contributed by atoms with E-state index in [4.69, 9.17) is 0 Å². The van der Waals surface area contributed by atoms with Gasteiger partial charge in [0.15, 0.2) is 11.6 Å². The van der Waals surface area contributed by atoms with Crippen molar-refractivity contribution < 1.29 is 4.79 Å². The van der Waals surface area contributed by atoms with Gasteiger partial charge in [-0.25, -0.2) is 9.97 Å². The molecule has 0 radical (unpaired) electrons. The summed E-state index contributed by atoms with van der Waals surface area (Å²) in [5.41, 5.74) is 3.30. The minimum absolute atomic E-state index is 0.0329. The highest BCUT2D eigenvalue weighted by Crippen LogP contribution is 2.34. The van der Waals surface area contributed by atoms with E-state index >= 15 is 0 Å². The highest BCUT2D eigenvalue weighted by atomic mass is 16.1. The van der Waals surface area contributed by atoms with E-state index in [9.17, 15) is 4.79 Å². The number of aromatic nitrogens is 3. The first kappa shape index (κ1) is 12.9. The van der Waals surface area contributed by atoms with Gasteiger partial charge in [-0.3, -0.25) is 9.78 Å². The Morgan fingerprint density at radius 1 is 1.20 bits per heavy atom. The molecular formula is C16H17N3O. The first-order valence-electron chi connectivity index (χ1n) is 6.77. The van der Waals surface area contributed by atoms with E-state index in [0.717, 1.165) is 23.4 Å². The van der Waals surface area contributed by atoms with E-state index in [0.29, 0.717) is 17.8 Å². The largest absolute Gasteiger partial charge is 0.294 e. The zero-order valence-electron chi connectivity index (χ0n) is 12.0. The molecule has 0 unspecified atom stereocenters. The summed E-state index contributed by atoms with van der Waals surface area (Å²) in [6, 6.07) is 3.88. The van der Waals surface area contributed by atoms with E-state index in [1.807, 2.05) is 19.1 Å². The molecule has 0 bridgehead atoms. The molecule has 102 valence electrons. The predicted octanol–water partition coefficient (Wildman–Crippen LogP) is 3.00. The van der Waals surface area contributed by atoms with Crippen molar-refractivity contribution in [3.63, 3.8) is 0 Å². The molecule has 0 aromatic carbocycles. The lowest BCUT2D eigenvalue weighted by molar-refractivity contribution is 0.0910. The van der Waals surface area contributed by atoms with Crippen LogP contribution in [0.5, 0.6) is 0 Å². The topological polar surface area (TPSA) is 55.7 Å². The van der Waals surface area contributed by atoms with E-state index in [2.05, 4.69) is 28.8 Å². The molecule has 0 atom stereocenters. The van der Waals surface area contributed by atoms with Crippen LogP contribution in [0.1, 0.15) is 41.9 Å². The summed E-state index contributed by atoms with van der Waals surface area (Å²) in [6.45, 7) is 6.18. The van der Waals surface area contributed by atoms with Crippen molar-refractivity contribution >= 4 is 5.78 Å². The van der Waals surface area contributed by atoms with Crippen LogP contribution in [0.3, 0.4) is 0 Å². The third-order valence-electron chi connectivity index (χ3n) is 3.67. The molecule has 4 heteroatoms. The fourth-order valence-electron chi connectivity index (χ4n) is 2.66. The summed E-state index contributed by atoms with van der Waals surface area (Å²) in [4.78, 5) is 25.4. The predicted molar refractivity (Wildman–Crippen MR) is 76.4 cm³/mol. The number of aryl methyl sites for hydroxylation is 1. The van der Waals surface area contributed by atoms with Gasteiger partial charge in [0.05, 0.1) is 11.3 Å². The summed E-state index contributed by atoms with van der Waals surface area (Å²) in [7, 11) is 0. The molecule has 2 aromatic rings. The number of hydrogen-bond donors (Lipinski definition) is 0. The Labute approximate surface area is 118 Å². The van der Waals surface area contributed by atoms with Gasteiger partial charge in [0.1, 0.15) is 5.69 Å². The highest BCUT2D eigenvalue weighted by molar-refractivity contribution is 5.98. The van der Waals surface area contributed by atoms with Crippen LogP contribution in [0.25, 0.3) is 11.5 Å². The van der Waals surface area contributed by atoms with Gasteiger partial charge in [-0.05, 0) is 30.4 Å². The molecule has 2 heterocycles. The van der Waals surface area contributed by atoms with Crippen LogP contribution in [0.2, 0.25) is 0 Å². The minimum Gasteiger partial charge on any atom is -0.294 e. The Kier molecular flexibility index (Phi) is 2.89. The standard InChI is InChI=1S/C16H17N3O/c1-10-5-4-6-17-14(10)15-18-9-11-12(19-15)7-16(2,3)8-13(11)20/h4-6,9H,7-8H2,1-3H3. The van der Waals surface area contributed by atoms with Crippen LogP contribution in [0.15, 0.2) is 24.5 Å². The Morgan fingerprint density at radius 2 is 2.00 bits per heavy atom. The van der Waals surface area contributed by atoms with Crippen molar-refractivity contribution in [3.05, 3.63) is 41.3 Å². The van der Waals surface area contributed by atoms with Crippen molar-refractivity contribution in [2.24, 2.45) is 5.41 Å². The van der Waals surface area contributed by atoms with Gasteiger partial charge in [0.25, 0.3) is 0 Å². The number of ketones is 1. The molecule has 1 aliphatic rings. The molecule has 0 aliphatic heterocycles. The Bertz CT molecular complexity index is 692. The van der Waals surface area contributed by atoms with Gasteiger partial charge in [-0.1, -0.05) is 19.9 Å². The average Bonchev–Trinajstić information content (AvgIpc) is 2.37. The third-order valence-corrected chi connectivity index (χ3v) is 3.67. The summed E-state index contributed by atoms with van der Waals surface area (Å²) in [5.74, 6) is 0.743. The van der Waals surface area contributed by atoms with Gasteiger partial charge in [0, 0.05) is 18.8 Å². The van der Waals surface area contributed by atoms with Crippen molar-refractivity contribution in [3.8, 4) is 11.5 Å². The van der Waals surface area contributed by atoms with Crippen LogP contribution in [0.4, 0.5) is 0 Å². The Morgan fingerprint density at radius 3 is 2.75 bits per heavy atom. The quantitative estimate of drug-likeness (QED) is 0.797. The van der Waals surface area contributed by atoms with Gasteiger partial charge >= 0.3 is 0 Å². The van der Waals surface area contributed by atoms with E-state index in [1.54, 1.807) is 12.4 Å². The molecule has 0 saturated carbocycles. The number of rotatable bonds is 1. The number of fused-ring (bicyclic) bond motifs is 1. The summed E-state index contributed by atoms with van der Waals surface area (Å²) in [5, 5.41) is 0. The Balaban J connectivity index is 2.10. The minimum atomic E-state index is -0.0329. The molecule has 0 N–H and O–H groups in total. The monoisotopic (exact) mass is 267 g/mol. The lowest BCUT2D eigenvalue weighted by atomic mass is 9.76. The molecule has 3 rings (SSSR count). The maximum atomic E-state index is 12.1. The number of Topliss-reactive ketones (excluding diaryl/α,β-unsaturated/α-hetero) is 1. The van der Waals surface area contributed by atoms with Crippen molar-refractivity contribution in [1.82, 2.24) is 15.0 Å². The molecule has 20 heavy (non-hydrogen) atoms. The maximum Gasteiger partial charge on any atom is 0.178 e. The second-order valence-corrected chi connectivity index (χ2v) is 6.16. The lowest BCUT2D eigenvalue weighted by Crippen LogP contribution is -2.28. The van der Waals surface area contributed by atoms with Crippen molar-refractivity contribution in [2.75, 3.05) is 0 Å². The molecule has 1 aliphatic carbocycles. The van der Waals surface area contributed by atoms with Crippen LogP contribution in [-0.4, -0.2) is 20.7 Å². The number of hydrogen-bond acceptors (Lipinski definition) is 4. The SMILES string of the molecule is Cc1cccnc1-c1ncc2c(n1)CC(C)(C)CC2=O. The fraction of sp³-hybridized carbons (Fsp3) is 0.375. The fourth-order valence-corrected chi connectivity index (χ4v) is 2.66. The molecule has 0 amide bonds. The number of carbonyl (C=O) groups is 1. The zero-order valence-corrected chi connectivity index (χ0v) is 12.0. The van der Waals surface area contributed by atoms with E-state index < -0.39 is 0 Å². The molecule has 4 nitrogen and oxygen atoms in total. The number of nitrogens with zero attached hydrogens (tertiary/aromatic N) is 3. The number of carbonyl (C=O) groups excluding carboxylic acids is 1. The van der Waals surface area contributed by atoms with Crippen molar-refractivity contribution in [2.45, 2.75) is 33.6 Å². The molecular weight excluding hydrogens is 250 g/mol. The molecule has 0 fully saturated rings. The molecule has 0 saturated heterocycles. The maximum absolute atomic E-state index is 12.1. The van der Waals surface area contributed by atoms with E-state index in [1.165, 1.54) is 0 Å². The Hall–Kier alpha value is -2.10.